The van der Waals surface area contributed by atoms with E-state index in [4.69, 9.17) is 28.4 Å². The van der Waals surface area contributed by atoms with E-state index < -0.39 is 92.7 Å². The summed E-state index contributed by atoms with van der Waals surface area (Å²) in [6, 6.07) is 0. The molecule has 15 nitrogen and oxygen atoms in total. The van der Waals surface area contributed by atoms with Crippen LogP contribution in [0.5, 0.6) is 0 Å². The van der Waals surface area contributed by atoms with Crippen LogP contribution in [0.3, 0.4) is 0 Å². The normalized spacial score (nSPS) is 31.8. The first kappa shape index (κ1) is 41.7. The van der Waals surface area contributed by atoms with Crippen LogP contribution >= 0.6 is 0 Å². The molecule has 0 aromatic heterocycles. The van der Waals surface area contributed by atoms with Crippen molar-refractivity contribution in [3.05, 3.63) is 0 Å². The highest BCUT2D eigenvalue weighted by Gasteiger charge is 2.47. The first-order chi connectivity index (χ1) is 22.5. The highest BCUT2D eigenvalue weighted by atomic mass is 16.7. The molecule has 276 valence electrons. The first-order valence-corrected chi connectivity index (χ1v) is 17.1. The molecular weight excluding hydrogens is 624 g/mol. The third-order valence-electron chi connectivity index (χ3n) is 8.39. The lowest BCUT2D eigenvalue weighted by molar-refractivity contribution is -0.332. The van der Waals surface area contributed by atoms with Crippen LogP contribution in [0.15, 0.2) is 0 Å². The number of aliphatic hydroxyl groups is 7. The lowest BCUT2D eigenvalue weighted by atomic mass is 9.98. The predicted octanol–water partition coefficient (Wildman–Crippen LogP) is 0.193. The number of rotatable bonds is 23. The fourth-order valence-corrected chi connectivity index (χ4v) is 5.47. The van der Waals surface area contributed by atoms with Gasteiger partial charge in [0.25, 0.3) is 0 Å². The number of carbonyl (C=O) groups excluding carboxylic acids is 2. The molecule has 2 rings (SSSR count). The summed E-state index contributed by atoms with van der Waals surface area (Å²) < 4.78 is 32.3. The van der Waals surface area contributed by atoms with Gasteiger partial charge in [-0.1, -0.05) is 77.6 Å². The molecule has 2 fully saturated rings. The molecule has 15 heteroatoms. The van der Waals surface area contributed by atoms with Crippen molar-refractivity contribution in [2.45, 2.75) is 165 Å². The van der Waals surface area contributed by atoms with Gasteiger partial charge in [0.05, 0.1) is 19.8 Å². The van der Waals surface area contributed by atoms with Crippen molar-refractivity contribution in [1.82, 2.24) is 0 Å². The Morgan fingerprint density at radius 3 is 1.66 bits per heavy atom. The Balaban J connectivity index is 1.79. The summed E-state index contributed by atoms with van der Waals surface area (Å²) in [7, 11) is 0. The number of esters is 2. The van der Waals surface area contributed by atoms with E-state index in [9.17, 15) is 45.3 Å². The lowest BCUT2D eigenvalue weighted by Gasteiger charge is -2.42. The molecule has 7 N–H and O–H groups in total. The molecule has 0 aromatic rings. The fourth-order valence-electron chi connectivity index (χ4n) is 5.47. The Morgan fingerprint density at radius 1 is 0.638 bits per heavy atom. The van der Waals surface area contributed by atoms with E-state index in [1.807, 2.05) is 0 Å². The van der Waals surface area contributed by atoms with Crippen LogP contribution in [-0.2, 0) is 38.0 Å². The van der Waals surface area contributed by atoms with Gasteiger partial charge >= 0.3 is 11.9 Å². The van der Waals surface area contributed by atoms with E-state index in [1.54, 1.807) is 0 Å². The molecule has 0 saturated carbocycles. The van der Waals surface area contributed by atoms with Gasteiger partial charge in [-0.2, -0.15) is 0 Å². The number of hydrogen-bond acceptors (Lipinski definition) is 15. The molecule has 0 spiro atoms. The van der Waals surface area contributed by atoms with Crippen LogP contribution in [0.4, 0.5) is 0 Å². The average molecular weight is 683 g/mol. The highest BCUT2D eigenvalue weighted by Crippen LogP contribution is 2.26. The summed E-state index contributed by atoms with van der Waals surface area (Å²) in [6.07, 6.45) is -2.82. The van der Waals surface area contributed by atoms with Gasteiger partial charge in [-0.05, 0) is 6.42 Å². The van der Waals surface area contributed by atoms with Crippen molar-refractivity contribution in [3.8, 4) is 0 Å². The lowest BCUT2D eigenvalue weighted by Crippen LogP contribution is -2.61. The maximum atomic E-state index is 12.5. The third-order valence-corrected chi connectivity index (χ3v) is 8.39. The second kappa shape index (κ2) is 23.0. The van der Waals surface area contributed by atoms with Crippen molar-refractivity contribution in [3.63, 3.8) is 0 Å². The monoisotopic (exact) mass is 682 g/mol. The molecule has 0 bridgehead atoms. The molecule has 0 aromatic carbocycles. The van der Waals surface area contributed by atoms with Gasteiger partial charge in [-0.15, -0.1) is 0 Å². The highest BCUT2D eigenvalue weighted by molar-refractivity contribution is 5.69. The van der Waals surface area contributed by atoms with E-state index in [2.05, 4.69) is 6.92 Å². The Morgan fingerprint density at radius 2 is 1.13 bits per heavy atom. The third kappa shape index (κ3) is 14.9. The standard InChI is InChI=1S/C32H58O15/c1-3-4-5-6-7-8-9-10-11-12-13-14-15-24(35)45-21(17-42-20(2)34)18-43-31-30(41)28(39)26(37)23(47-31)19-44-32-29(40)27(38)25(36)22(16-33)46-32/h21-23,25-33,36-41H,3-19H2,1-2H3. The van der Waals surface area contributed by atoms with Crippen LogP contribution < -0.4 is 0 Å². The Kier molecular flexibility index (Phi) is 20.4. The largest absolute Gasteiger partial charge is 0.462 e. The average Bonchev–Trinajstić information content (AvgIpc) is 3.05. The van der Waals surface area contributed by atoms with E-state index in [0.29, 0.717) is 6.42 Å². The second-order valence-corrected chi connectivity index (χ2v) is 12.4. The summed E-state index contributed by atoms with van der Waals surface area (Å²) in [5.41, 5.74) is 0. The summed E-state index contributed by atoms with van der Waals surface area (Å²) in [4.78, 5) is 23.9. The molecule has 2 heterocycles. The van der Waals surface area contributed by atoms with Crippen LogP contribution in [0, 0.1) is 0 Å². The van der Waals surface area contributed by atoms with E-state index >= 15 is 0 Å². The van der Waals surface area contributed by atoms with Gasteiger partial charge in [0.15, 0.2) is 18.7 Å². The maximum Gasteiger partial charge on any atom is 0.306 e. The number of aliphatic hydroxyl groups excluding tert-OH is 7. The Labute approximate surface area is 277 Å². The summed E-state index contributed by atoms with van der Waals surface area (Å²) in [6.45, 7) is 1.49. The van der Waals surface area contributed by atoms with Crippen LogP contribution in [0.1, 0.15) is 97.3 Å². The zero-order valence-corrected chi connectivity index (χ0v) is 27.8. The van der Waals surface area contributed by atoms with Crippen molar-refractivity contribution >= 4 is 11.9 Å². The molecule has 11 atom stereocenters. The summed E-state index contributed by atoms with van der Waals surface area (Å²) in [5.74, 6) is -1.12. The quantitative estimate of drug-likeness (QED) is 0.0563. The van der Waals surface area contributed by atoms with E-state index in [0.717, 1.165) is 19.3 Å². The van der Waals surface area contributed by atoms with E-state index in [-0.39, 0.29) is 19.6 Å². The van der Waals surface area contributed by atoms with Crippen LogP contribution in [0.25, 0.3) is 0 Å². The van der Waals surface area contributed by atoms with Crippen molar-refractivity contribution in [1.29, 1.82) is 0 Å². The Bertz CT molecular complexity index is 860. The van der Waals surface area contributed by atoms with Crippen molar-refractivity contribution < 1.29 is 73.8 Å². The molecule has 47 heavy (non-hydrogen) atoms. The van der Waals surface area contributed by atoms with E-state index in [1.165, 1.54) is 58.3 Å². The molecule has 0 amide bonds. The van der Waals surface area contributed by atoms with Gasteiger partial charge in [0, 0.05) is 13.3 Å². The summed E-state index contributed by atoms with van der Waals surface area (Å²) in [5, 5.41) is 70.7. The van der Waals surface area contributed by atoms with Crippen LogP contribution in [-0.4, -0.2) is 142 Å². The summed E-state index contributed by atoms with van der Waals surface area (Å²) >= 11 is 0. The number of ether oxygens (including phenoxy) is 6. The minimum atomic E-state index is -1.75. The zero-order valence-electron chi connectivity index (χ0n) is 27.8. The molecule has 2 aliphatic rings. The molecule has 0 radical (unpaired) electrons. The molecule has 11 unspecified atom stereocenters. The molecular formula is C32H58O15. The van der Waals surface area contributed by atoms with Gasteiger partial charge in [-0.25, -0.2) is 0 Å². The zero-order chi connectivity index (χ0) is 34.8. The number of unbranched alkanes of at least 4 members (excludes halogenated alkanes) is 11. The minimum Gasteiger partial charge on any atom is -0.462 e. The van der Waals surface area contributed by atoms with Crippen LogP contribution in [0.2, 0.25) is 0 Å². The Hall–Kier alpha value is -1.50. The number of hydrogen-bond donors (Lipinski definition) is 7. The van der Waals surface area contributed by atoms with Crippen molar-refractivity contribution in [2.75, 3.05) is 26.4 Å². The maximum absolute atomic E-state index is 12.5. The SMILES string of the molecule is CCCCCCCCCCCCCCC(=O)OC(COC(C)=O)COC1OC(COC2OC(CO)C(O)C(O)C2O)C(O)C(O)C1O. The molecule has 2 aliphatic heterocycles. The van der Waals surface area contributed by atoms with Gasteiger partial charge in [0.2, 0.25) is 0 Å². The number of carbonyl (C=O) groups is 2. The topological polar surface area (TPSA) is 231 Å². The minimum absolute atomic E-state index is 0.166. The molecule has 2 saturated heterocycles. The first-order valence-electron chi connectivity index (χ1n) is 17.1. The smallest absolute Gasteiger partial charge is 0.306 e. The molecule has 0 aliphatic carbocycles. The fraction of sp³-hybridized carbons (Fsp3) is 0.938. The van der Waals surface area contributed by atoms with Crippen molar-refractivity contribution in [2.24, 2.45) is 0 Å². The van der Waals surface area contributed by atoms with Gasteiger partial charge in [0.1, 0.15) is 55.4 Å². The van der Waals surface area contributed by atoms with Gasteiger partial charge in [-0.3, -0.25) is 9.59 Å². The van der Waals surface area contributed by atoms with Gasteiger partial charge < -0.3 is 64.2 Å². The second-order valence-electron chi connectivity index (χ2n) is 12.4. The predicted molar refractivity (Wildman–Crippen MR) is 165 cm³/mol.